The van der Waals surface area contributed by atoms with Gasteiger partial charge < -0.3 is 16.3 Å². The summed E-state index contributed by atoms with van der Waals surface area (Å²) in [4.78, 5) is 0. The predicted molar refractivity (Wildman–Crippen MR) is 62.0 cm³/mol. The van der Waals surface area contributed by atoms with Crippen molar-refractivity contribution in [2.45, 2.75) is 58.5 Å². The molecule has 0 bridgehead atoms. The quantitative estimate of drug-likeness (QED) is 0.289. The van der Waals surface area contributed by atoms with E-state index in [1.54, 1.807) is 0 Å². The molecule has 1 saturated carbocycles. The highest BCUT2D eigenvalue weighted by molar-refractivity contribution is 5.84. The molecule has 4 N–H and O–H groups in total. The maximum absolute atomic E-state index is 8.54. The van der Waals surface area contributed by atoms with E-state index < -0.39 is 0 Å². The number of rotatable bonds is 3. The molecule has 4 heteroatoms. The molecular weight excluding hydrogens is 190 g/mol. The Hall–Kier alpha value is -0.770. The fraction of sp³-hybridized carbons (Fsp3) is 0.909. The van der Waals surface area contributed by atoms with Crippen LogP contribution in [-0.4, -0.2) is 23.1 Å². The zero-order valence-electron chi connectivity index (χ0n) is 9.95. The summed E-state index contributed by atoms with van der Waals surface area (Å²) in [6.07, 6.45) is 4.84. The zero-order chi connectivity index (χ0) is 11.5. The molecule has 0 aromatic rings. The molecule has 0 spiro atoms. The van der Waals surface area contributed by atoms with Gasteiger partial charge in [-0.1, -0.05) is 19.0 Å². The van der Waals surface area contributed by atoms with E-state index >= 15 is 0 Å². The molecule has 1 unspecified atom stereocenters. The van der Waals surface area contributed by atoms with Gasteiger partial charge in [0.15, 0.2) is 5.84 Å². The molecule has 0 heterocycles. The van der Waals surface area contributed by atoms with Gasteiger partial charge in [-0.15, -0.1) is 0 Å². The third-order valence-electron chi connectivity index (χ3n) is 3.38. The van der Waals surface area contributed by atoms with Gasteiger partial charge in [0.2, 0.25) is 0 Å². The highest BCUT2D eigenvalue weighted by Gasteiger charge is 2.27. The summed E-state index contributed by atoms with van der Waals surface area (Å²) in [5.41, 5.74) is 6.01. The minimum atomic E-state index is -0.0405. The van der Waals surface area contributed by atoms with E-state index in [1.165, 1.54) is 25.7 Å². The first-order valence-corrected chi connectivity index (χ1v) is 5.68. The van der Waals surface area contributed by atoms with Gasteiger partial charge in [0, 0.05) is 6.04 Å². The second kappa shape index (κ2) is 4.84. The Morgan fingerprint density at radius 3 is 2.47 bits per heavy atom. The maximum atomic E-state index is 8.54. The number of nitrogens with one attached hydrogen (secondary N) is 1. The van der Waals surface area contributed by atoms with Crippen molar-refractivity contribution in [3.63, 3.8) is 0 Å². The van der Waals surface area contributed by atoms with Gasteiger partial charge in [0.1, 0.15) is 0 Å². The Morgan fingerprint density at radius 1 is 1.47 bits per heavy atom. The van der Waals surface area contributed by atoms with Crippen LogP contribution in [0.15, 0.2) is 5.16 Å². The summed E-state index contributed by atoms with van der Waals surface area (Å²) >= 11 is 0. The minimum absolute atomic E-state index is 0.0405. The van der Waals surface area contributed by atoms with Gasteiger partial charge in [-0.2, -0.15) is 0 Å². The van der Waals surface area contributed by atoms with Crippen molar-refractivity contribution in [3.8, 4) is 0 Å². The highest BCUT2D eigenvalue weighted by atomic mass is 16.4. The molecule has 4 nitrogen and oxygen atoms in total. The van der Waals surface area contributed by atoms with Gasteiger partial charge in [0.25, 0.3) is 0 Å². The van der Waals surface area contributed by atoms with E-state index in [-0.39, 0.29) is 11.9 Å². The first-order valence-electron chi connectivity index (χ1n) is 5.68. The number of nitrogens with two attached hydrogens (primary N) is 1. The standard InChI is InChI=1S/C11H23N3O/c1-8(10(12)14-15)13-9-4-6-11(2,3)7-5-9/h8-9,13,15H,4-7H2,1-3H3,(H2,12,14). The predicted octanol–water partition coefficient (Wildman–Crippen LogP) is 1.68. The fourth-order valence-electron chi connectivity index (χ4n) is 2.09. The van der Waals surface area contributed by atoms with Crippen LogP contribution in [0.4, 0.5) is 0 Å². The molecule has 88 valence electrons. The average molecular weight is 213 g/mol. The van der Waals surface area contributed by atoms with E-state index in [2.05, 4.69) is 24.3 Å². The third kappa shape index (κ3) is 3.70. The largest absolute Gasteiger partial charge is 0.409 e. The Balaban J connectivity index is 2.36. The topological polar surface area (TPSA) is 70.6 Å². The lowest BCUT2D eigenvalue weighted by molar-refractivity contribution is 0.204. The highest BCUT2D eigenvalue weighted by Crippen LogP contribution is 2.35. The van der Waals surface area contributed by atoms with Crippen LogP contribution in [0.2, 0.25) is 0 Å². The molecule has 0 aromatic heterocycles. The summed E-state index contributed by atoms with van der Waals surface area (Å²) < 4.78 is 0. The normalized spacial score (nSPS) is 25.1. The summed E-state index contributed by atoms with van der Waals surface area (Å²) in [6, 6.07) is 0.467. The summed E-state index contributed by atoms with van der Waals surface area (Å²) in [5, 5.41) is 14.9. The van der Waals surface area contributed by atoms with E-state index in [0.717, 1.165) is 0 Å². The smallest absolute Gasteiger partial charge is 0.156 e. The molecule has 1 atom stereocenters. The second-order valence-electron chi connectivity index (χ2n) is 5.35. The number of oxime groups is 1. The lowest BCUT2D eigenvalue weighted by Gasteiger charge is -2.35. The molecule has 1 fully saturated rings. The number of amidine groups is 1. The van der Waals surface area contributed by atoms with Gasteiger partial charge >= 0.3 is 0 Å². The maximum Gasteiger partial charge on any atom is 0.156 e. The second-order valence-corrected chi connectivity index (χ2v) is 5.35. The third-order valence-corrected chi connectivity index (χ3v) is 3.38. The molecule has 1 aliphatic carbocycles. The molecule has 1 rings (SSSR count). The van der Waals surface area contributed by atoms with Gasteiger partial charge in [0.05, 0.1) is 6.04 Å². The van der Waals surface area contributed by atoms with Crippen LogP contribution in [0.1, 0.15) is 46.5 Å². The van der Waals surface area contributed by atoms with Crippen LogP contribution in [0, 0.1) is 5.41 Å². The minimum Gasteiger partial charge on any atom is -0.409 e. The van der Waals surface area contributed by atoms with Crippen LogP contribution in [0.25, 0.3) is 0 Å². The van der Waals surface area contributed by atoms with Crippen LogP contribution < -0.4 is 11.1 Å². The van der Waals surface area contributed by atoms with Gasteiger partial charge in [-0.3, -0.25) is 0 Å². The lowest BCUT2D eigenvalue weighted by Crippen LogP contribution is -2.46. The Kier molecular flexibility index (Phi) is 3.97. The monoisotopic (exact) mass is 213 g/mol. The molecular formula is C11H23N3O. The number of nitrogens with zero attached hydrogens (tertiary/aromatic N) is 1. The van der Waals surface area contributed by atoms with Crippen LogP contribution in [-0.2, 0) is 0 Å². The van der Waals surface area contributed by atoms with Gasteiger partial charge in [-0.05, 0) is 38.0 Å². The Labute approximate surface area is 91.9 Å². The van der Waals surface area contributed by atoms with E-state index in [0.29, 0.717) is 11.5 Å². The van der Waals surface area contributed by atoms with Crippen molar-refractivity contribution in [3.05, 3.63) is 0 Å². The van der Waals surface area contributed by atoms with E-state index in [9.17, 15) is 0 Å². The molecule has 0 radical (unpaired) electrons. The molecule has 0 amide bonds. The fourth-order valence-corrected chi connectivity index (χ4v) is 2.09. The number of hydrogen-bond donors (Lipinski definition) is 3. The van der Waals surface area contributed by atoms with E-state index in [1.807, 2.05) is 6.92 Å². The van der Waals surface area contributed by atoms with Crippen LogP contribution in [0.3, 0.4) is 0 Å². The van der Waals surface area contributed by atoms with Crippen molar-refractivity contribution >= 4 is 5.84 Å². The lowest BCUT2D eigenvalue weighted by atomic mass is 9.75. The zero-order valence-corrected chi connectivity index (χ0v) is 9.95. The molecule has 0 saturated heterocycles. The van der Waals surface area contributed by atoms with Crippen molar-refractivity contribution in [1.29, 1.82) is 0 Å². The SMILES string of the molecule is CC(NC1CCC(C)(C)CC1)C(N)=NO. The molecule has 15 heavy (non-hydrogen) atoms. The van der Waals surface area contributed by atoms with Crippen LogP contribution >= 0.6 is 0 Å². The summed E-state index contributed by atoms with van der Waals surface area (Å²) in [5.74, 6) is 0.264. The Bertz CT molecular complexity index is 228. The van der Waals surface area contributed by atoms with Gasteiger partial charge in [-0.25, -0.2) is 0 Å². The number of hydrogen-bond acceptors (Lipinski definition) is 3. The molecule has 1 aliphatic rings. The first kappa shape index (κ1) is 12.3. The Morgan fingerprint density at radius 2 is 2.00 bits per heavy atom. The first-order chi connectivity index (χ1) is 6.94. The summed E-state index contributed by atoms with van der Waals surface area (Å²) in [6.45, 7) is 6.56. The van der Waals surface area contributed by atoms with Crippen molar-refractivity contribution < 1.29 is 5.21 Å². The van der Waals surface area contributed by atoms with E-state index in [4.69, 9.17) is 10.9 Å². The molecule has 0 aliphatic heterocycles. The van der Waals surface area contributed by atoms with Crippen molar-refractivity contribution in [1.82, 2.24) is 5.32 Å². The van der Waals surface area contributed by atoms with Crippen LogP contribution in [0.5, 0.6) is 0 Å². The van der Waals surface area contributed by atoms with Crippen molar-refractivity contribution in [2.75, 3.05) is 0 Å². The molecule has 0 aromatic carbocycles. The average Bonchev–Trinajstić information content (AvgIpc) is 2.20. The summed E-state index contributed by atoms with van der Waals surface area (Å²) in [7, 11) is 0. The van der Waals surface area contributed by atoms with Crippen molar-refractivity contribution in [2.24, 2.45) is 16.3 Å².